The monoisotopic (exact) mass is 349 g/mol. The standard InChI is InChI=1S/C15H19N5O3S/c1-2-23-15-14(17-7-8-18-15)20-9-5-12(11-20)19-24(21,22)13-4-3-6-16-10-13/h3-4,6-8,10,12,19H,2,5,9,11H2,1H3/t12-/m1/s1. The molecule has 3 rings (SSSR count). The quantitative estimate of drug-likeness (QED) is 0.825. The number of pyridine rings is 1. The van der Waals surface area contributed by atoms with Crippen molar-refractivity contribution in [3.8, 4) is 5.88 Å². The largest absolute Gasteiger partial charge is 0.475 e. The Balaban J connectivity index is 1.70. The van der Waals surface area contributed by atoms with Gasteiger partial charge in [-0.3, -0.25) is 4.98 Å². The van der Waals surface area contributed by atoms with Gasteiger partial charge in [-0.2, -0.15) is 0 Å². The van der Waals surface area contributed by atoms with E-state index in [0.29, 0.717) is 37.8 Å². The van der Waals surface area contributed by atoms with E-state index in [1.165, 1.54) is 12.3 Å². The summed E-state index contributed by atoms with van der Waals surface area (Å²) >= 11 is 0. The van der Waals surface area contributed by atoms with Crippen molar-refractivity contribution < 1.29 is 13.2 Å². The summed E-state index contributed by atoms with van der Waals surface area (Å²) in [5, 5.41) is 0. The molecule has 24 heavy (non-hydrogen) atoms. The molecule has 1 aliphatic rings. The van der Waals surface area contributed by atoms with Crippen molar-refractivity contribution in [2.75, 3.05) is 24.6 Å². The van der Waals surface area contributed by atoms with Gasteiger partial charge in [-0.1, -0.05) is 0 Å². The molecule has 1 fully saturated rings. The SMILES string of the molecule is CCOc1nccnc1N1CC[C@@H](NS(=O)(=O)c2cccnc2)C1. The fourth-order valence-corrected chi connectivity index (χ4v) is 3.84. The molecule has 9 heteroatoms. The minimum atomic E-state index is -3.58. The summed E-state index contributed by atoms with van der Waals surface area (Å²) in [5.74, 6) is 1.11. The predicted molar refractivity (Wildman–Crippen MR) is 88.4 cm³/mol. The van der Waals surface area contributed by atoms with Crippen molar-refractivity contribution in [2.45, 2.75) is 24.3 Å². The first-order chi connectivity index (χ1) is 11.6. The van der Waals surface area contributed by atoms with Crippen molar-refractivity contribution in [1.82, 2.24) is 19.7 Å². The van der Waals surface area contributed by atoms with Gasteiger partial charge in [0.25, 0.3) is 5.88 Å². The van der Waals surface area contributed by atoms with Gasteiger partial charge in [-0.15, -0.1) is 0 Å². The molecule has 2 aromatic heterocycles. The lowest BCUT2D eigenvalue weighted by molar-refractivity contribution is 0.326. The third-order valence-corrected chi connectivity index (χ3v) is 5.19. The zero-order valence-corrected chi connectivity index (χ0v) is 14.1. The first-order valence-corrected chi connectivity index (χ1v) is 9.19. The number of aromatic nitrogens is 3. The molecule has 3 heterocycles. The van der Waals surface area contributed by atoms with Crippen LogP contribution in [0.15, 0.2) is 41.8 Å². The van der Waals surface area contributed by atoms with Crippen molar-refractivity contribution in [3.05, 3.63) is 36.9 Å². The molecule has 128 valence electrons. The van der Waals surface area contributed by atoms with Crippen LogP contribution in [0.5, 0.6) is 5.88 Å². The highest BCUT2D eigenvalue weighted by molar-refractivity contribution is 7.89. The lowest BCUT2D eigenvalue weighted by atomic mass is 10.3. The molecular weight excluding hydrogens is 330 g/mol. The number of rotatable bonds is 6. The van der Waals surface area contributed by atoms with Crippen LogP contribution >= 0.6 is 0 Å². The zero-order valence-electron chi connectivity index (χ0n) is 13.3. The molecule has 0 radical (unpaired) electrons. The van der Waals surface area contributed by atoms with Crippen LogP contribution in [0.1, 0.15) is 13.3 Å². The Morgan fingerprint density at radius 3 is 2.92 bits per heavy atom. The smallest absolute Gasteiger partial charge is 0.257 e. The third-order valence-electron chi connectivity index (χ3n) is 3.68. The molecule has 1 saturated heterocycles. The number of hydrogen-bond donors (Lipinski definition) is 1. The van der Waals surface area contributed by atoms with Gasteiger partial charge in [0, 0.05) is 43.9 Å². The highest BCUT2D eigenvalue weighted by Crippen LogP contribution is 2.26. The van der Waals surface area contributed by atoms with Gasteiger partial charge in [-0.05, 0) is 25.5 Å². The Kier molecular flexibility index (Phi) is 4.91. The average molecular weight is 349 g/mol. The van der Waals surface area contributed by atoms with Gasteiger partial charge in [0.05, 0.1) is 6.61 Å². The molecule has 0 aromatic carbocycles. The van der Waals surface area contributed by atoms with Crippen LogP contribution in [0.2, 0.25) is 0 Å². The van der Waals surface area contributed by atoms with E-state index in [9.17, 15) is 8.42 Å². The first-order valence-electron chi connectivity index (χ1n) is 7.71. The molecule has 0 spiro atoms. The second-order valence-electron chi connectivity index (χ2n) is 5.36. The van der Waals surface area contributed by atoms with E-state index in [2.05, 4.69) is 19.7 Å². The predicted octanol–water partition coefficient (Wildman–Crippen LogP) is 0.827. The molecule has 0 unspecified atom stereocenters. The minimum absolute atomic E-state index is 0.165. The first kappa shape index (κ1) is 16.6. The van der Waals surface area contributed by atoms with Gasteiger partial charge in [0.15, 0.2) is 5.82 Å². The molecule has 2 aromatic rings. The second kappa shape index (κ2) is 7.10. The molecule has 1 aliphatic heterocycles. The molecule has 1 atom stereocenters. The van der Waals surface area contributed by atoms with E-state index < -0.39 is 10.0 Å². The van der Waals surface area contributed by atoms with Crippen LogP contribution in [0.25, 0.3) is 0 Å². The summed E-state index contributed by atoms with van der Waals surface area (Å²) in [7, 11) is -3.58. The van der Waals surface area contributed by atoms with Gasteiger partial charge < -0.3 is 9.64 Å². The van der Waals surface area contributed by atoms with Crippen LogP contribution in [0, 0.1) is 0 Å². The number of sulfonamides is 1. The van der Waals surface area contributed by atoms with Crippen LogP contribution in [0.3, 0.4) is 0 Å². The lowest BCUT2D eigenvalue weighted by Gasteiger charge is -2.19. The molecule has 0 saturated carbocycles. The van der Waals surface area contributed by atoms with E-state index in [0.717, 1.165) is 0 Å². The Bertz CT molecular complexity index is 785. The Labute approximate surface area is 141 Å². The molecule has 0 amide bonds. The second-order valence-corrected chi connectivity index (χ2v) is 7.07. The Morgan fingerprint density at radius 1 is 1.33 bits per heavy atom. The van der Waals surface area contributed by atoms with E-state index in [-0.39, 0.29) is 10.9 Å². The van der Waals surface area contributed by atoms with Crippen molar-refractivity contribution in [1.29, 1.82) is 0 Å². The van der Waals surface area contributed by atoms with E-state index >= 15 is 0 Å². The Hall–Kier alpha value is -2.26. The molecular formula is C15H19N5O3S. The van der Waals surface area contributed by atoms with Crippen molar-refractivity contribution in [2.24, 2.45) is 0 Å². The number of hydrogen-bond acceptors (Lipinski definition) is 7. The molecule has 0 bridgehead atoms. The highest BCUT2D eigenvalue weighted by Gasteiger charge is 2.29. The lowest BCUT2D eigenvalue weighted by Crippen LogP contribution is -2.37. The maximum Gasteiger partial charge on any atom is 0.257 e. The summed E-state index contributed by atoms with van der Waals surface area (Å²) in [6.07, 6.45) is 6.74. The number of anilines is 1. The van der Waals surface area contributed by atoms with Crippen LogP contribution < -0.4 is 14.4 Å². The number of nitrogens with zero attached hydrogens (tertiary/aromatic N) is 4. The maximum absolute atomic E-state index is 12.4. The van der Waals surface area contributed by atoms with E-state index in [4.69, 9.17) is 4.74 Å². The maximum atomic E-state index is 12.4. The van der Waals surface area contributed by atoms with Crippen LogP contribution in [-0.4, -0.2) is 49.1 Å². The van der Waals surface area contributed by atoms with E-state index in [1.807, 2.05) is 11.8 Å². The molecule has 1 N–H and O–H groups in total. The van der Waals surface area contributed by atoms with Gasteiger partial charge >= 0.3 is 0 Å². The third kappa shape index (κ3) is 3.62. The number of nitrogens with one attached hydrogen (secondary N) is 1. The number of ether oxygens (including phenoxy) is 1. The van der Waals surface area contributed by atoms with Crippen LogP contribution in [-0.2, 0) is 10.0 Å². The normalized spacial score (nSPS) is 17.9. The average Bonchev–Trinajstić information content (AvgIpc) is 3.04. The molecule has 8 nitrogen and oxygen atoms in total. The zero-order chi connectivity index (χ0) is 17.0. The summed E-state index contributed by atoms with van der Waals surface area (Å²) in [6, 6.07) is 2.92. The summed E-state index contributed by atoms with van der Waals surface area (Å²) in [4.78, 5) is 14.5. The fourth-order valence-electron chi connectivity index (χ4n) is 2.62. The summed E-state index contributed by atoms with van der Waals surface area (Å²) in [6.45, 7) is 3.57. The highest BCUT2D eigenvalue weighted by atomic mass is 32.2. The molecule has 0 aliphatic carbocycles. The van der Waals surface area contributed by atoms with Gasteiger partial charge in [0.2, 0.25) is 10.0 Å². The minimum Gasteiger partial charge on any atom is -0.475 e. The van der Waals surface area contributed by atoms with Gasteiger partial charge in [0.1, 0.15) is 4.90 Å². The van der Waals surface area contributed by atoms with Crippen LogP contribution in [0.4, 0.5) is 5.82 Å². The van der Waals surface area contributed by atoms with Crippen molar-refractivity contribution in [3.63, 3.8) is 0 Å². The van der Waals surface area contributed by atoms with Gasteiger partial charge in [-0.25, -0.2) is 23.1 Å². The fraction of sp³-hybridized carbons (Fsp3) is 0.400. The summed E-state index contributed by atoms with van der Waals surface area (Å²) < 4.78 is 33.0. The van der Waals surface area contributed by atoms with E-state index in [1.54, 1.807) is 24.7 Å². The topological polar surface area (TPSA) is 97.3 Å². The van der Waals surface area contributed by atoms with Crippen molar-refractivity contribution >= 4 is 15.8 Å². The summed E-state index contributed by atoms with van der Waals surface area (Å²) in [5.41, 5.74) is 0. The Morgan fingerprint density at radius 2 is 2.17 bits per heavy atom.